The third-order valence-corrected chi connectivity index (χ3v) is 4.45. The molecule has 6 nitrogen and oxygen atoms in total. The molecule has 18 heavy (non-hydrogen) atoms. The lowest BCUT2D eigenvalue weighted by molar-refractivity contribution is -0.129. The molecule has 0 aromatic heterocycles. The zero-order valence-electron chi connectivity index (χ0n) is 10.4. The van der Waals surface area contributed by atoms with E-state index in [1.165, 1.54) is 0 Å². The van der Waals surface area contributed by atoms with Crippen LogP contribution in [-0.2, 0) is 19.0 Å². The van der Waals surface area contributed by atoms with E-state index in [0.29, 0.717) is 18.9 Å². The molecule has 2 heterocycles. The van der Waals surface area contributed by atoms with E-state index in [2.05, 4.69) is 5.32 Å². The lowest BCUT2D eigenvalue weighted by atomic mass is 9.68. The van der Waals surface area contributed by atoms with Gasteiger partial charge in [0.05, 0.1) is 12.7 Å². The number of ether oxygens (including phenoxy) is 3. The monoisotopic (exact) mass is 257 g/mol. The molecule has 102 valence electrons. The first-order valence-electron chi connectivity index (χ1n) is 6.37. The quantitative estimate of drug-likeness (QED) is 0.512. The van der Waals surface area contributed by atoms with Gasteiger partial charge in [-0.15, -0.1) is 0 Å². The van der Waals surface area contributed by atoms with Gasteiger partial charge in [-0.2, -0.15) is 0 Å². The summed E-state index contributed by atoms with van der Waals surface area (Å²) in [5.74, 6) is 0.480. The number of hydrogen-bond donors (Lipinski definition) is 2. The van der Waals surface area contributed by atoms with Crippen LogP contribution in [0, 0.1) is 11.8 Å². The van der Waals surface area contributed by atoms with E-state index in [9.17, 15) is 9.90 Å². The molecule has 2 aliphatic heterocycles. The number of hydrogen-bond acceptors (Lipinski definition) is 5. The molecule has 0 spiro atoms. The van der Waals surface area contributed by atoms with Crippen molar-refractivity contribution in [3.63, 3.8) is 0 Å². The molecule has 1 amide bonds. The minimum Gasteiger partial charge on any atom is -0.393 e. The summed E-state index contributed by atoms with van der Waals surface area (Å²) in [6.07, 6.45) is 1.15. The van der Waals surface area contributed by atoms with E-state index in [0.717, 1.165) is 6.42 Å². The number of rotatable bonds is 4. The van der Waals surface area contributed by atoms with Crippen LogP contribution in [0.15, 0.2) is 0 Å². The van der Waals surface area contributed by atoms with Gasteiger partial charge in [0.15, 0.2) is 0 Å². The Labute approximate surface area is 106 Å². The highest BCUT2D eigenvalue weighted by Crippen LogP contribution is 2.55. The number of aliphatic hydroxyl groups is 1. The van der Waals surface area contributed by atoms with Gasteiger partial charge in [0.25, 0.3) is 0 Å². The van der Waals surface area contributed by atoms with Gasteiger partial charge in [-0.25, -0.2) is 0 Å². The molecular weight excluding hydrogens is 238 g/mol. The zero-order valence-corrected chi connectivity index (χ0v) is 10.4. The van der Waals surface area contributed by atoms with E-state index < -0.39 is 5.60 Å². The van der Waals surface area contributed by atoms with Gasteiger partial charge in [-0.3, -0.25) is 4.79 Å². The lowest BCUT2D eigenvalue weighted by Gasteiger charge is -2.40. The Morgan fingerprint density at radius 2 is 2.44 bits per heavy atom. The Hall–Kier alpha value is -0.690. The van der Waals surface area contributed by atoms with Gasteiger partial charge in [-0.05, 0) is 12.3 Å². The molecule has 0 aromatic carbocycles. The third kappa shape index (κ3) is 1.75. The predicted octanol–water partition coefficient (Wildman–Crippen LogP) is -0.739. The van der Waals surface area contributed by atoms with Crippen molar-refractivity contribution in [1.29, 1.82) is 0 Å². The van der Waals surface area contributed by atoms with Crippen molar-refractivity contribution in [2.75, 3.05) is 27.1 Å². The van der Waals surface area contributed by atoms with Gasteiger partial charge in [0.1, 0.15) is 18.5 Å². The first-order valence-corrected chi connectivity index (χ1v) is 6.37. The van der Waals surface area contributed by atoms with E-state index in [4.69, 9.17) is 14.2 Å². The smallest absolute Gasteiger partial charge is 0.220 e. The number of aliphatic hydroxyl groups excluding tert-OH is 1. The first-order chi connectivity index (χ1) is 8.71. The fourth-order valence-electron chi connectivity index (χ4n) is 3.51. The summed E-state index contributed by atoms with van der Waals surface area (Å²) in [5.41, 5.74) is -0.556. The van der Waals surface area contributed by atoms with Crippen LogP contribution >= 0.6 is 0 Å². The molecule has 6 heteroatoms. The number of methoxy groups -OCH3 is 1. The van der Waals surface area contributed by atoms with Crippen LogP contribution in [0.2, 0.25) is 0 Å². The standard InChI is InChI=1S/C12H19NO5/c1-16-6-17-9-2-7-4-13-10(15)3-8(7)12(5-14)11(9)18-12/h7-9,11,14H,2-6H2,1H3,(H,13,15)/t7-,8+,9-,11+,12-/m1/s1. The summed E-state index contributed by atoms with van der Waals surface area (Å²) in [6.45, 7) is 0.836. The van der Waals surface area contributed by atoms with Crippen LogP contribution in [0.3, 0.4) is 0 Å². The fraction of sp³-hybridized carbons (Fsp3) is 0.917. The van der Waals surface area contributed by atoms with E-state index in [1.807, 2.05) is 0 Å². The molecular formula is C12H19NO5. The van der Waals surface area contributed by atoms with Gasteiger partial charge in [0, 0.05) is 26.0 Å². The number of fused-ring (bicyclic) bond motifs is 3. The van der Waals surface area contributed by atoms with Gasteiger partial charge >= 0.3 is 0 Å². The summed E-state index contributed by atoms with van der Waals surface area (Å²) < 4.78 is 16.3. The molecule has 0 radical (unpaired) electrons. The van der Waals surface area contributed by atoms with Crippen LogP contribution in [0.5, 0.6) is 0 Å². The maximum Gasteiger partial charge on any atom is 0.220 e. The second-order valence-corrected chi connectivity index (χ2v) is 5.37. The molecule has 5 atom stereocenters. The maximum atomic E-state index is 11.5. The SMILES string of the molecule is COCO[C@@H]1C[C@@H]2CNC(=O)C[C@@H]2[C@@]2(CO)O[C@@H]12. The van der Waals surface area contributed by atoms with Crippen LogP contribution in [0.1, 0.15) is 12.8 Å². The Morgan fingerprint density at radius 1 is 1.61 bits per heavy atom. The molecule has 1 aliphatic carbocycles. The average Bonchev–Trinajstić information content (AvgIpc) is 3.13. The highest BCUT2D eigenvalue weighted by atomic mass is 16.7. The topological polar surface area (TPSA) is 80.3 Å². The summed E-state index contributed by atoms with van der Waals surface area (Å²) in [5, 5.41) is 12.5. The van der Waals surface area contributed by atoms with Gasteiger partial charge < -0.3 is 24.6 Å². The van der Waals surface area contributed by atoms with Crippen molar-refractivity contribution in [2.24, 2.45) is 11.8 Å². The van der Waals surface area contributed by atoms with E-state index in [-0.39, 0.29) is 37.4 Å². The summed E-state index contributed by atoms with van der Waals surface area (Å²) in [6, 6.07) is 0. The molecule has 2 N–H and O–H groups in total. The Bertz CT molecular complexity index is 349. The number of nitrogens with one attached hydrogen (secondary N) is 1. The fourth-order valence-corrected chi connectivity index (χ4v) is 3.51. The maximum absolute atomic E-state index is 11.5. The van der Waals surface area contributed by atoms with Crippen molar-refractivity contribution >= 4 is 5.91 Å². The van der Waals surface area contributed by atoms with E-state index >= 15 is 0 Å². The number of amides is 1. The van der Waals surface area contributed by atoms with Crippen molar-refractivity contribution in [3.8, 4) is 0 Å². The largest absolute Gasteiger partial charge is 0.393 e. The molecule has 0 aromatic rings. The number of epoxide rings is 1. The minimum atomic E-state index is -0.556. The average molecular weight is 257 g/mol. The van der Waals surface area contributed by atoms with Crippen LogP contribution < -0.4 is 5.32 Å². The van der Waals surface area contributed by atoms with Crippen molar-refractivity contribution in [3.05, 3.63) is 0 Å². The second kappa shape index (κ2) is 4.45. The van der Waals surface area contributed by atoms with Gasteiger partial charge in [0.2, 0.25) is 5.91 Å². The van der Waals surface area contributed by atoms with Gasteiger partial charge in [-0.1, -0.05) is 0 Å². The molecule has 3 rings (SSSR count). The number of carbonyl (C=O) groups is 1. The molecule has 0 unspecified atom stereocenters. The first kappa shape index (κ1) is 12.3. The van der Waals surface area contributed by atoms with Crippen LogP contribution in [0.25, 0.3) is 0 Å². The Kier molecular flexibility index (Phi) is 3.05. The molecule has 3 aliphatic rings. The van der Waals surface area contributed by atoms with Crippen molar-refractivity contribution < 1.29 is 24.1 Å². The number of piperidine rings is 1. The lowest BCUT2D eigenvalue weighted by Crippen LogP contribution is -2.54. The summed E-state index contributed by atoms with van der Waals surface area (Å²) in [7, 11) is 1.58. The molecule has 0 bridgehead atoms. The number of carbonyl (C=O) groups excluding carboxylic acids is 1. The van der Waals surface area contributed by atoms with Crippen molar-refractivity contribution in [2.45, 2.75) is 30.7 Å². The van der Waals surface area contributed by atoms with Crippen LogP contribution in [-0.4, -0.2) is 55.9 Å². The summed E-state index contributed by atoms with van der Waals surface area (Å²) in [4.78, 5) is 11.5. The highest BCUT2D eigenvalue weighted by Gasteiger charge is 2.69. The highest BCUT2D eigenvalue weighted by molar-refractivity contribution is 5.77. The summed E-state index contributed by atoms with van der Waals surface area (Å²) >= 11 is 0. The minimum absolute atomic E-state index is 0.0427. The Morgan fingerprint density at radius 3 is 3.17 bits per heavy atom. The van der Waals surface area contributed by atoms with Crippen molar-refractivity contribution in [1.82, 2.24) is 5.32 Å². The Balaban J connectivity index is 1.75. The van der Waals surface area contributed by atoms with E-state index in [1.54, 1.807) is 7.11 Å². The second-order valence-electron chi connectivity index (χ2n) is 5.37. The third-order valence-electron chi connectivity index (χ3n) is 4.45. The van der Waals surface area contributed by atoms with Crippen LogP contribution in [0.4, 0.5) is 0 Å². The molecule has 3 fully saturated rings. The molecule has 2 saturated heterocycles. The zero-order chi connectivity index (χ0) is 12.8. The normalized spacial score (nSPS) is 46.0. The molecule has 1 saturated carbocycles. The predicted molar refractivity (Wildman–Crippen MR) is 60.7 cm³/mol.